The van der Waals surface area contributed by atoms with Gasteiger partial charge in [-0.25, -0.2) is 14.8 Å². The largest absolute Gasteiger partial charge is 0.477 e. The smallest absolute Gasteiger partial charge is 0.347 e. The lowest BCUT2D eigenvalue weighted by Gasteiger charge is -1.91. The van der Waals surface area contributed by atoms with Crippen molar-refractivity contribution in [2.24, 2.45) is 0 Å². The highest BCUT2D eigenvalue weighted by Crippen LogP contribution is 2.29. The fourth-order valence-electron chi connectivity index (χ4n) is 1.36. The molecule has 0 aromatic carbocycles. The van der Waals surface area contributed by atoms with E-state index in [9.17, 15) is 4.79 Å². The quantitative estimate of drug-likeness (QED) is 0.870. The molecule has 0 aliphatic carbocycles. The molecule has 96 valence electrons. The normalized spacial score (nSPS) is 10.8. The molecule has 0 aliphatic rings. The highest BCUT2D eigenvalue weighted by Gasteiger charge is 2.15. The zero-order valence-corrected chi connectivity index (χ0v) is 11.8. The molecule has 0 atom stereocenters. The van der Waals surface area contributed by atoms with Gasteiger partial charge in [-0.2, -0.15) is 0 Å². The summed E-state index contributed by atoms with van der Waals surface area (Å²) < 4.78 is 6.17. The summed E-state index contributed by atoms with van der Waals surface area (Å²) in [5.74, 6) is 1.08. The zero-order valence-electron chi connectivity index (χ0n) is 10.2. The number of oxazole rings is 1. The SMILES string of the molecule is Cc1nc(CSc2nc(C)c(C(=O)O)s2)oc1C. The summed E-state index contributed by atoms with van der Waals surface area (Å²) in [6.07, 6.45) is 0. The van der Waals surface area contributed by atoms with Crippen LogP contribution in [0.15, 0.2) is 8.76 Å². The molecule has 7 heteroatoms. The number of aryl methyl sites for hydroxylation is 3. The molecule has 0 aliphatic heterocycles. The van der Waals surface area contributed by atoms with Crippen molar-refractivity contribution in [3.63, 3.8) is 0 Å². The number of carbonyl (C=O) groups is 1. The first-order chi connectivity index (χ1) is 8.47. The lowest BCUT2D eigenvalue weighted by atomic mass is 10.4. The average molecular weight is 284 g/mol. The third-order valence-electron chi connectivity index (χ3n) is 2.36. The van der Waals surface area contributed by atoms with E-state index in [1.54, 1.807) is 6.92 Å². The van der Waals surface area contributed by atoms with Crippen molar-refractivity contribution in [1.29, 1.82) is 0 Å². The number of carboxylic acids is 1. The summed E-state index contributed by atoms with van der Waals surface area (Å²) in [5, 5.41) is 8.93. The van der Waals surface area contributed by atoms with Gasteiger partial charge in [0.15, 0.2) is 4.34 Å². The maximum Gasteiger partial charge on any atom is 0.347 e. The number of thioether (sulfide) groups is 1. The second-order valence-electron chi connectivity index (χ2n) is 3.74. The molecule has 2 rings (SSSR count). The predicted molar refractivity (Wildman–Crippen MR) is 69.3 cm³/mol. The van der Waals surface area contributed by atoms with E-state index in [0.29, 0.717) is 17.3 Å². The lowest BCUT2D eigenvalue weighted by molar-refractivity contribution is 0.0701. The van der Waals surface area contributed by atoms with Crippen molar-refractivity contribution in [2.45, 2.75) is 30.9 Å². The van der Waals surface area contributed by atoms with Gasteiger partial charge in [0.25, 0.3) is 0 Å². The van der Waals surface area contributed by atoms with Crippen molar-refractivity contribution in [1.82, 2.24) is 9.97 Å². The van der Waals surface area contributed by atoms with Crippen LogP contribution in [0.3, 0.4) is 0 Å². The van der Waals surface area contributed by atoms with E-state index in [0.717, 1.165) is 15.8 Å². The molecular weight excluding hydrogens is 272 g/mol. The zero-order chi connectivity index (χ0) is 13.3. The first kappa shape index (κ1) is 13.1. The van der Waals surface area contributed by atoms with Crippen molar-refractivity contribution >= 4 is 29.1 Å². The molecule has 2 aromatic heterocycles. The number of nitrogens with zero attached hydrogens (tertiary/aromatic N) is 2. The van der Waals surface area contributed by atoms with Crippen LogP contribution in [0.5, 0.6) is 0 Å². The van der Waals surface area contributed by atoms with Gasteiger partial charge >= 0.3 is 5.97 Å². The average Bonchev–Trinajstić information content (AvgIpc) is 2.80. The highest BCUT2D eigenvalue weighted by atomic mass is 32.2. The molecule has 1 N–H and O–H groups in total. The Hall–Kier alpha value is -1.34. The number of aromatic nitrogens is 2. The predicted octanol–water partition coefficient (Wildman–Crippen LogP) is 3.05. The van der Waals surface area contributed by atoms with Gasteiger partial charge in [0, 0.05) is 0 Å². The number of aromatic carboxylic acids is 1. The van der Waals surface area contributed by atoms with Crippen LogP contribution in [0.1, 0.15) is 32.7 Å². The minimum Gasteiger partial charge on any atom is -0.477 e. The first-order valence-electron chi connectivity index (χ1n) is 5.24. The Morgan fingerprint density at radius 1 is 1.33 bits per heavy atom. The van der Waals surface area contributed by atoms with Crippen molar-refractivity contribution in [2.75, 3.05) is 0 Å². The summed E-state index contributed by atoms with van der Waals surface area (Å²) in [4.78, 5) is 19.6. The molecule has 0 saturated heterocycles. The maximum absolute atomic E-state index is 10.9. The Kier molecular flexibility index (Phi) is 3.72. The second kappa shape index (κ2) is 5.11. The molecule has 2 heterocycles. The Balaban J connectivity index is 2.06. The van der Waals surface area contributed by atoms with E-state index >= 15 is 0 Å². The minimum absolute atomic E-state index is 0.289. The second-order valence-corrected chi connectivity index (χ2v) is 5.96. The van der Waals surface area contributed by atoms with Crippen LogP contribution in [-0.4, -0.2) is 21.0 Å². The summed E-state index contributed by atoms with van der Waals surface area (Å²) in [7, 11) is 0. The molecular formula is C11H12N2O3S2. The fraction of sp³-hybridized carbons (Fsp3) is 0.364. The number of thiazole rings is 1. The van der Waals surface area contributed by atoms with Crippen LogP contribution in [0.2, 0.25) is 0 Å². The van der Waals surface area contributed by atoms with Crippen LogP contribution < -0.4 is 0 Å². The van der Waals surface area contributed by atoms with E-state index in [-0.39, 0.29) is 4.88 Å². The molecule has 0 amide bonds. The van der Waals surface area contributed by atoms with Gasteiger partial charge in [0.1, 0.15) is 10.6 Å². The van der Waals surface area contributed by atoms with Gasteiger partial charge in [-0.3, -0.25) is 0 Å². The van der Waals surface area contributed by atoms with Gasteiger partial charge in [-0.1, -0.05) is 11.8 Å². The van der Waals surface area contributed by atoms with Crippen LogP contribution >= 0.6 is 23.1 Å². The monoisotopic (exact) mass is 284 g/mol. The van der Waals surface area contributed by atoms with E-state index in [4.69, 9.17) is 9.52 Å². The van der Waals surface area contributed by atoms with Gasteiger partial charge in [0.2, 0.25) is 5.89 Å². The topological polar surface area (TPSA) is 76.2 Å². The molecule has 18 heavy (non-hydrogen) atoms. The Labute approximate surface area is 112 Å². The third-order valence-corrected chi connectivity index (χ3v) is 4.64. The van der Waals surface area contributed by atoms with E-state index in [1.165, 1.54) is 23.1 Å². The molecule has 5 nitrogen and oxygen atoms in total. The van der Waals surface area contributed by atoms with Crippen molar-refractivity contribution in [3.05, 3.63) is 27.9 Å². The van der Waals surface area contributed by atoms with Gasteiger partial charge < -0.3 is 9.52 Å². The van der Waals surface area contributed by atoms with Crippen LogP contribution in [0.25, 0.3) is 0 Å². The molecule has 2 aromatic rings. The Bertz CT molecular complexity index is 570. The van der Waals surface area contributed by atoms with Crippen LogP contribution in [0.4, 0.5) is 0 Å². The van der Waals surface area contributed by atoms with Crippen LogP contribution in [-0.2, 0) is 5.75 Å². The van der Waals surface area contributed by atoms with E-state index in [2.05, 4.69) is 9.97 Å². The molecule has 0 spiro atoms. The summed E-state index contributed by atoms with van der Waals surface area (Å²) in [6, 6.07) is 0. The molecule has 0 unspecified atom stereocenters. The maximum atomic E-state index is 10.9. The van der Waals surface area contributed by atoms with E-state index < -0.39 is 5.97 Å². The highest BCUT2D eigenvalue weighted by molar-refractivity contribution is 8.00. The number of rotatable bonds is 4. The third kappa shape index (κ3) is 2.73. The summed E-state index contributed by atoms with van der Waals surface area (Å²) in [6.45, 7) is 5.46. The standard InChI is InChI=1S/C11H12N2O3S2/c1-5-7(3)16-8(12-5)4-17-11-13-6(2)9(18-11)10(14)15/h4H2,1-3H3,(H,14,15). The number of carboxylic acid groups (broad SMARTS) is 1. The number of hydrogen-bond donors (Lipinski definition) is 1. The minimum atomic E-state index is -0.931. The summed E-state index contributed by atoms with van der Waals surface area (Å²) >= 11 is 2.62. The van der Waals surface area contributed by atoms with Crippen molar-refractivity contribution in [3.8, 4) is 0 Å². The van der Waals surface area contributed by atoms with Gasteiger partial charge in [0.05, 0.1) is 17.1 Å². The number of hydrogen-bond acceptors (Lipinski definition) is 6. The fourth-order valence-corrected chi connectivity index (χ4v) is 3.23. The molecule has 0 fully saturated rings. The van der Waals surface area contributed by atoms with Gasteiger partial charge in [-0.15, -0.1) is 11.3 Å². The molecule has 0 radical (unpaired) electrons. The van der Waals surface area contributed by atoms with Crippen LogP contribution in [0, 0.1) is 20.8 Å². The lowest BCUT2D eigenvalue weighted by Crippen LogP contribution is -1.94. The first-order valence-corrected chi connectivity index (χ1v) is 7.04. The Morgan fingerprint density at radius 3 is 2.56 bits per heavy atom. The molecule has 0 bridgehead atoms. The summed E-state index contributed by atoms with van der Waals surface area (Å²) in [5.41, 5.74) is 1.43. The van der Waals surface area contributed by atoms with Crippen molar-refractivity contribution < 1.29 is 14.3 Å². The van der Waals surface area contributed by atoms with Gasteiger partial charge in [-0.05, 0) is 20.8 Å². The van der Waals surface area contributed by atoms with E-state index in [1.807, 2.05) is 13.8 Å². The Morgan fingerprint density at radius 2 is 2.06 bits per heavy atom. The molecule has 0 saturated carbocycles.